The lowest BCUT2D eigenvalue weighted by Crippen LogP contribution is -2.45. The molecule has 0 amide bonds. The zero-order valence-electron chi connectivity index (χ0n) is 14.9. The molecule has 0 radical (unpaired) electrons. The molecule has 1 aliphatic heterocycles. The SMILES string of the molecule is CC(=O)Cn1c(CN2C[C@H](C)O[C@@H](C)C2)nc2c1c(=O)[nH]c(=O)n2C. The zero-order chi connectivity index (χ0) is 18.3. The van der Waals surface area contributed by atoms with Crippen molar-refractivity contribution in [1.82, 2.24) is 24.0 Å². The highest BCUT2D eigenvalue weighted by Gasteiger charge is 2.25. The third-order valence-corrected chi connectivity index (χ3v) is 4.33. The van der Waals surface area contributed by atoms with Gasteiger partial charge in [-0.3, -0.25) is 24.0 Å². The van der Waals surface area contributed by atoms with E-state index in [9.17, 15) is 14.4 Å². The molecule has 1 N–H and O–H groups in total. The lowest BCUT2D eigenvalue weighted by molar-refractivity contribution is -0.117. The summed E-state index contributed by atoms with van der Waals surface area (Å²) in [4.78, 5) is 44.8. The number of hydrogen-bond donors (Lipinski definition) is 1. The van der Waals surface area contributed by atoms with Crippen molar-refractivity contribution in [3.63, 3.8) is 0 Å². The van der Waals surface area contributed by atoms with E-state index in [0.717, 1.165) is 13.1 Å². The number of Topliss-reactive ketones (excluding diaryl/α,β-unsaturated/α-hetero) is 1. The Balaban J connectivity index is 2.09. The second kappa shape index (κ2) is 6.57. The van der Waals surface area contributed by atoms with E-state index in [4.69, 9.17) is 4.74 Å². The van der Waals surface area contributed by atoms with Gasteiger partial charge < -0.3 is 9.30 Å². The highest BCUT2D eigenvalue weighted by Crippen LogP contribution is 2.17. The van der Waals surface area contributed by atoms with Gasteiger partial charge in [-0.25, -0.2) is 9.78 Å². The Morgan fingerprint density at radius 2 is 1.92 bits per heavy atom. The first kappa shape index (κ1) is 17.6. The van der Waals surface area contributed by atoms with Gasteiger partial charge in [0, 0.05) is 20.1 Å². The lowest BCUT2D eigenvalue weighted by atomic mass is 10.2. The number of fused-ring (bicyclic) bond motifs is 1. The van der Waals surface area contributed by atoms with E-state index in [1.165, 1.54) is 11.5 Å². The highest BCUT2D eigenvalue weighted by molar-refractivity contribution is 5.79. The molecular formula is C16H23N5O4. The van der Waals surface area contributed by atoms with E-state index in [1.54, 1.807) is 11.6 Å². The van der Waals surface area contributed by atoms with E-state index in [1.807, 2.05) is 13.8 Å². The number of ketones is 1. The number of H-pyrrole nitrogens is 1. The van der Waals surface area contributed by atoms with Crippen LogP contribution in [0, 0.1) is 0 Å². The van der Waals surface area contributed by atoms with Gasteiger partial charge in [0.05, 0.1) is 25.3 Å². The van der Waals surface area contributed by atoms with Gasteiger partial charge in [-0.1, -0.05) is 0 Å². The molecule has 2 aromatic heterocycles. The van der Waals surface area contributed by atoms with Crippen LogP contribution in [-0.4, -0.2) is 55.1 Å². The minimum atomic E-state index is -0.526. The Kier molecular flexibility index (Phi) is 4.61. The van der Waals surface area contributed by atoms with Crippen LogP contribution >= 0.6 is 0 Å². The number of aromatic nitrogens is 4. The lowest BCUT2D eigenvalue weighted by Gasteiger charge is -2.35. The average molecular weight is 349 g/mol. The number of carbonyl (C=O) groups is 1. The number of morpholine rings is 1. The van der Waals surface area contributed by atoms with Crippen molar-refractivity contribution in [3.05, 3.63) is 26.7 Å². The first-order valence-corrected chi connectivity index (χ1v) is 8.32. The molecule has 3 heterocycles. The van der Waals surface area contributed by atoms with Crippen molar-refractivity contribution < 1.29 is 9.53 Å². The molecule has 25 heavy (non-hydrogen) atoms. The number of aryl methyl sites for hydroxylation is 1. The molecule has 2 aromatic rings. The summed E-state index contributed by atoms with van der Waals surface area (Å²) in [6.45, 7) is 7.48. The fraction of sp³-hybridized carbons (Fsp3) is 0.625. The number of nitrogens with one attached hydrogen (secondary N) is 1. The van der Waals surface area contributed by atoms with Crippen LogP contribution in [0.2, 0.25) is 0 Å². The van der Waals surface area contributed by atoms with Crippen LogP contribution in [0.1, 0.15) is 26.6 Å². The maximum absolute atomic E-state index is 12.3. The summed E-state index contributed by atoms with van der Waals surface area (Å²) in [5.41, 5.74) is -0.507. The molecule has 3 rings (SSSR count). The van der Waals surface area contributed by atoms with Gasteiger partial charge in [0.25, 0.3) is 5.56 Å². The quantitative estimate of drug-likeness (QED) is 0.807. The number of aromatic amines is 1. The Morgan fingerprint density at radius 1 is 1.28 bits per heavy atom. The van der Waals surface area contributed by atoms with Crippen molar-refractivity contribution >= 4 is 16.9 Å². The number of nitrogens with zero attached hydrogens (tertiary/aromatic N) is 4. The smallest absolute Gasteiger partial charge is 0.329 e. The summed E-state index contributed by atoms with van der Waals surface area (Å²) in [5.74, 6) is 0.510. The van der Waals surface area contributed by atoms with E-state index < -0.39 is 11.2 Å². The molecule has 0 saturated carbocycles. The van der Waals surface area contributed by atoms with Gasteiger partial charge in [0.15, 0.2) is 11.2 Å². The van der Waals surface area contributed by atoms with Gasteiger partial charge in [-0.05, 0) is 20.8 Å². The molecule has 0 aliphatic carbocycles. The van der Waals surface area contributed by atoms with Gasteiger partial charge in [-0.15, -0.1) is 0 Å². The number of ether oxygens (including phenoxy) is 1. The van der Waals surface area contributed by atoms with Crippen molar-refractivity contribution in [2.75, 3.05) is 13.1 Å². The summed E-state index contributed by atoms with van der Waals surface area (Å²) >= 11 is 0. The average Bonchev–Trinajstić information content (AvgIpc) is 2.82. The number of carbonyl (C=O) groups excluding carboxylic acids is 1. The van der Waals surface area contributed by atoms with Crippen LogP contribution in [0.3, 0.4) is 0 Å². The van der Waals surface area contributed by atoms with Crippen molar-refractivity contribution in [3.8, 4) is 0 Å². The van der Waals surface area contributed by atoms with E-state index in [-0.39, 0.29) is 30.1 Å². The first-order chi connectivity index (χ1) is 11.8. The second-order valence-electron chi connectivity index (χ2n) is 6.76. The second-order valence-corrected chi connectivity index (χ2v) is 6.76. The maximum atomic E-state index is 12.3. The van der Waals surface area contributed by atoms with E-state index >= 15 is 0 Å². The molecule has 1 aliphatic rings. The minimum Gasteiger partial charge on any atom is -0.373 e. The Hall–Kier alpha value is -2.26. The molecular weight excluding hydrogens is 326 g/mol. The number of imidazole rings is 1. The molecule has 9 nitrogen and oxygen atoms in total. The van der Waals surface area contributed by atoms with E-state index in [0.29, 0.717) is 18.0 Å². The van der Waals surface area contributed by atoms with Crippen molar-refractivity contribution in [2.45, 2.75) is 46.1 Å². The number of rotatable bonds is 4. The molecule has 9 heteroatoms. The monoisotopic (exact) mass is 349 g/mol. The highest BCUT2D eigenvalue weighted by atomic mass is 16.5. The summed E-state index contributed by atoms with van der Waals surface area (Å²) in [5, 5.41) is 0. The topological polar surface area (TPSA) is 102 Å². The summed E-state index contributed by atoms with van der Waals surface area (Å²) in [6.07, 6.45) is 0.198. The van der Waals surface area contributed by atoms with Gasteiger partial charge in [0.1, 0.15) is 11.6 Å². The van der Waals surface area contributed by atoms with Crippen LogP contribution in [0.25, 0.3) is 11.2 Å². The third-order valence-electron chi connectivity index (χ3n) is 4.33. The fourth-order valence-corrected chi connectivity index (χ4v) is 3.41. The molecule has 1 fully saturated rings. The summed E-state index contributed by atoms with van der Waals surface area (Å²) < 4.78 is 8.64. The van der Waals surface area contributed by atoms with Crippen LogP contribution in [-0.2, 0) is 29.7 Å². The molecule has 0 unspecified atom stereocenters. The summed E-state index contributed by atoms with van der Waals surface area (Å²) in [7, 11) is 1.55. The zero-order valence-corrected chi connectivity index (χ0v) is 14.9. The Bertz CT molecular complexity index is 915. The van der Waals surface area contributed by atoms with Crippen LogP contribution in [0.5, 0.6) is 0 Å². The van der Waals surface area contributed by atoms with Crippen LogP contribution in [0.15, 0.2) is 9.59 Å². The summed E-state index contributed by atoms with van der Waals surface area (Å²) in [6, 6.07) is 0. The van der Waals surface area contributed by atoms with Crippen molar-refractivity contribution in [1.29, 1.82) is 0 Å². The minimum absolute atomic E-state index is 0.0442. The normalized spacial score (nSPS) is 21.8. The Morgan fingerprint density at radius 3 is 2.52 bits per heavy atom. The van der Waals surface area contributed by atoms with Gasteiger partial charge >= 0.3 is 5.69 Å². The van der Waals surface area contributed by atoms with Crippen LogP contribution in [0.4, 0.5) is 0 Å². The fourth-order valence-electron chi connectivity index (χ4n) is 3.41. The molecule has 0 spiro atoms. The van der Waals surface area contributed by atoms with Crippen LogP contribution < -0.4 is 11.2 Å². The number of hydrogen-bond acceptors (Lipinski definition) is 6. The first-order valence-electron chi connectivity index (χ1n) is 8.32. The molecule has 1 saturated heterocycles. The van der Waals surface area contributed by atoms with Crippen molar-refractivity contribution in [2.24, 2.45) is 7.05 Å². The molecule has 0 bridgehead atoms. The van der Waals surface area contributed by atoms with E-state index in [2.05, 4.69) is 14.9 Å². The molecule has 2 atom stereocenters. The molecule has 136 valence electrons. The Labute approximate surface area is 144 Å². The third kappa shape index (κ3) is 3.42. The standard InChI is InChI=1S/C16H23N5O4/c1-9(22)5-21-12(8-20-6-10(2)25-11(3)7-20)17-14-13(21)15(23)18-16(24)19(14)4/h10-11H,5-8H2,1-4H3,(H,18,23,24)/t10-,11-/m0/s1. The maximum Gasteiger partial charge on any atom is 0.329 e. The largest absolute Gasteiger partial charge is 0.373 e. The predicted octanol–water partition coefficient (Wildman–Crippen LogP) is -0.378. The predicted molar refractivity (Wildman–Crippen MR) is 91.6 cm³/mol. The van der Waals surface area contributed by atoms with Gasteiger partial charge in [0.2, 0.25) is 0 Å². The molecule has 0 aromatic carbocycles. The van der Waals surface area contributed by atoms with Gasteiger partial charge in [-0.2, -0.15) is 0 Å².